The van der Waals surface area contributed by atoms with Crippen molar-refractivity contribution >= 4 is 11.8 Å². The maximum Gasteiger partial charge on any atom is 0.241 e. The molecule has 110 valence electrons. The molecule has 1 fully saturated rings. The van der Waals surface area contributed by atoms with Gasteiger partial charge in [0, 0.05) is 26.6 Å². The molecule has 0 aromatic carbocycles. The summed E-state index contributed by atoms with van der Waals surface area (Å²) in [5.41, 5.74) is 0. The number of hydrogen-bond donors (Lipinski definition) is 0. The summed E-state index contributed by atoms with van der Waals surface area (Å²) in [6, 6.07) is 0.273. The molecule has 0 saturated heterocycles. The van der Waals surface area contributed by atoms with E-state index in [-0.39, 0.29) is 24.4 Å². The molecule has 0 bridgehead atoms. The van der Waals surface area contributed by atoms with Crippen LogP contribution >= 0.6 is 0 Å². The van der Waals surface area contributed by atoms with Gasteiger partial charge >= 0.3 is 0 Å². The van der Waals surface area contributed by atoms with Crippen LogP contribution in [0.25, 0.3) is 0 Å². The van der Waals surface area contributed by atoms with Crippen molar-refractivity contribution in [3.05, 3.63) is 0 Å². The number of unbranched alkanes of at least 4 members (excludes halogenated alkanes) is 1. The fraction of sp³-hybridized carbons (Fsp3) is 0.867. The van der Waals surface area contributed by atoms with Crippen LogP contribution in [0.2, 0.25) is 0 Å². The first-order valence-electron chi connectivity index (χ1n) is 7.57. The Kier molecular flexibility index (Phi) is 6.89. The summed E-state index contributed by atoms with van der Waals surface area (Å²) in [5, 5.41) is 0. The molecule has 1 saturated carbocycles. The monoisotopic (exact) mass is 268 g/mol. The minimum Gasteiger partial charge on any atom is -0.344 e. The van der Waals surface area contributed by atoms with E-state index >= 15 is 0 Å². The van der Waals surface area contributed by atoms with Crippen molar-refractivity contribution in [2.24, 2.45) is 0 Å². The molecule has 0 unspecified atom stereocenters. The highest BCUT2D eigenvalue weighted by molar-refractivity contribution is 5.83. The Bertz CT molecular complexity index is 299. The van der Waals surface area contributed by atoms with Crippen molar-refractivity contribution in [2.75, 3.05) is 20.1 Å². The summed E-state index contributed by atoms with van der Waals surface area (Å²) in [4.78, 5) is 27.4. The van der Waals surface area contributed by atoms with Crippen molar-refractivity contribution in [1.82, 2.24) is 9.80 Å². The van der Waals surface area contributed by atoms with E-state index < -0.39 is 0 Å². The van der Waals surface area contributed by atoms with Gasteiger partial charge in [0.15, 0.2) is 0 Å². The number of carbonyl (C=O) groups excluding carboxylic acids is 2. The zero-order valence-electron chi connectivity index (χ0n) is 12.7. The largest absolute Gasteiger partial charge is 0.344 e. The van der Waals surface area contributed by atoms with Crippen LogP contribution in [0.5, 0.6) is 0 Å². The Morgan fingerprint density at radius 3 is 2.32 bits per heavy atom. The molecule has 0 aliphatic heterocycles. The molecule has 1 aliphatic rings. The second-order valence-electron chi connectivity index (χ2n) is 5.61. The summed E-state index contributed by atoms with van der Waals surface area (Å²) in [6.07, 6.45) is 7.80. The summed E-state index contributed by atoms with van der Waals surface area (Å²) in [7, 11) is 1.83. The molecule has 0 aromatic heterocycles. The van der Waals surface area contributed by atoms with Crippen LogP contribution < -0.4 is 0 Å². The van der Waals surface area contributed by atoms with E-state index in [1.807, 2.05) is 7.05 Å². The Morgan fingerprint density at radius 1 is 1.16 bits per heavy atom. The highest BCUT2D eigenvalue weighted by Crippen LogP contribution is 2.22. The van der Waals surface area contributed by atoms with E-state index in [0.717, 1.165) is 32.2 Å². The first-order chi connectivity index (χ1) is 9.06. The van der Waals surface area contributed by atoms with Gasteiger partial charge in [-0.3, -0.25) is 9.59 Å². The van der Waals surface area contributed by atoms with E-state index in [9.17, 15) is 9.59 Å². The molecule has 0 radical (unpaired) electrons. The van der Waals surface area contributed by atoms with Gasteiger partial charge in [-0.05, 0) is 19.3 Å². The quantitative estimate of drug-likeness (QED) is 0.742. The Labute approximate surface area is 117 Å². The van der Waals surface area contributed by atoms with Crippen LogP contribution in [0.4, 0.5) is 0 Å². The van der Waals surface area contributed by atoms with E-state index in [1.165, 1.54) is 19.3 Å². The Hall–Kier alpha value is -1.06. The van der Waals surface area contributed by atoms with Crippen molar-refractivity contribution in [1.29, 1.82) is 0 Å². The summed E-state index contributed by atoms with van der Waals surface area (Å²) in [5.74, 6) is 0.0957. The third kappa shape index (κ3) is 5.21. The molecule has 4 heteroatoms. The van der Waals surface area contributed by atoms with Crippen LogP contribution in [-0.2, 0) is 9.59 Å². The van der Waals surface area contributed by atoms with Gasteiger partial charge in [0.25, 0.3) is 0 Å². The van der Waals surface area contributed by atoms with Crippen molar-refractivity contribution in [3.63, 3.8) is 0 Å². The lowest BCUT2D eigenvalue weighted by Crippen LogP contribution is -2.46. The fourth-order valence-electron chi connectivity index (χ4n) is 2.68. The molecule has 0 N–H and O–H groups in total. The number of rotatable bonds is 6. The first-order valence-corrected chi connectivity index (χ1v) is 7.57. The average molecular weight is 268 g/mol. The minimum absolute atomic E-state index is 0.0316. The lowest BCUT2D eigenvalue weighted by Gasteiger charge is -2.34. The van der Waals surface area contributed by atoms with Crippen molar-refractivity contribution < 1.29 is 9.59 Å². The van der Waals surface area contributed by atoms with Gasteiger partial charge in [0.05, 0.1) is 6.54 Å². The zero-order chi connectivity index (χ0) is 14.3. The predicted octanol–water partition coefficient (Wildman–Crippen LogP) is 2.43. The van der Waals surface area contributed by atoms with Gasteiger partial charge in [-0.2, -0.15) is 0 Å². The standard InChI is InChI=1S/C15H28N2O2/c1-4-5-11-16(3)15(19)12-17(13(2)18)14-9-7-6-8-10-14/h14H,4-12H2,1-3H3. The van der Waals surface area contributed by atoms with Crippen molar-refractivity contribution in [3.8, 4) is 0 Å². The van der Waals surface area contributed by atoms with Gasteiger partial charge in [-0.1, -0.05) is 32.6 Å². The van der Waals surface area contributed by atoms with Crippen LogP contribution in [0.15, 0.2) is 0 Å². The molecule has 1 rings (SSSR count). The second kappa shape index (κ2) is 8.18. The third-order valence-corrected chi connectivity index (χ3v) is 4.00. The number of carbonyl (C=O) groups is 2. The number of nitrogens with zero attached hydrogens (tertiary/aromatic N) is 2. The lowest BCUT2D eigenvalue weighted by molar-refractivity contribution is -0.141. The predicted molar refractivity (Wildman–Crippen MR) is 76.8 cm³/mol. The van der Waals surface area contributed by atoms with Gasteiger partial charge in [0.1, 0.15) is 0 Å². The van der Waals surface area contributed by atoms with Crippen LogP contribution in [0.1, 0.15) is 58.8 Å². The number of amides is 2. The van der Waals surface area contributed by atoms with Gasteiger partial charge in [-0.15, -0.1) is 0 Å². The molecule has 0 heterocycles. The molecule has 1 aliphatic carbocycles. The van der Waals surface area contributed by atoms with E-state index in [0.29, 0.717) is 0 Å². The van der Waals surface area contributed by atoms with Crippen LogP contribution in [0.3, 0.4) is 0 Å². The van der Waals surface area contributed by atoms with E-state index in [4.69, 9.17) is 0 Å². The maximum atomic E-state index is 12.1. The second-order valence-corrected chi connectivity index (χ2v) is 5.61. The van der Waals surface area contributed by atoms with Crippen LogP contribution in [0, 0.1) is 0 Å². The molecule has 19 heavy (non-hydrogen) atoms. The summed E-state index contributed by atoms with van der Waals surface area (Å²) in [6.45, 7) is 4.72. The van der Waals surface area contributed by atoms with Crippen molar-refractivity contribution in [2.45, 2.75) is 64.8 Å². The molecule has 2 amide bonds. The summed E-state index contributed by atoms with van der Waals surface area (Å²) < 4.78 is 0. The van der Waals surface area contributed by atoms with Gasteiger partial charge < -0.3 is 9.80 Å². The molecule has 0 aromatic rings. The van der Waals surface area contributed by atoms with E-state index in [1.54, 1.807) is 16.7 Å². The molecular formula is C15H28N2O2. The first kappa shape index (κ1) is 16.0. The number of likely N-dealkylation sites (N-methyl/N-ethyl adjacent to an activating group) is 1. The van der Waals surface area contributed by atoms with Gasteiger partial charge in [-0.25, -0.2) is 0 Å². The summed E-state index contributed by atoms with van der Waals surface area (Å²) >= 11 is 0. The molecule has 0 spiro atoms. The highest BCUT2D eigenvalue weighted by atomic mass is 16.2. The number of hydrogen-bond acceptors (Lipinski definition) is 2. The Balaban J connectivity index is 2.52. The molecule has 0 atom stereocenters. The van der Waals surface area contributed by atoms with E-state index in [2.05, 4.69) is 6.92 Å². The Morgan fingerprint density at radius 2 is 1.79 bits per heavy atom. The average Bonchev–Trinajstić information content (AvgIpc) is 2.42. The zero-order valence-corrected chi connectivity index (χ0v) is 12.7. The smallest absolute Gasteiger partial charge is 0.241 e. The fourth-order valence-corrected chi connectivity index (χ4v) is 2.68. The highest BCUT2D eigenvalue weighted by Gasteiger charge is 2.25. The normalized spacial score (nSPS) is 16.2. The molecule has 4 nitrogen and oxygen atoms in total. The maximum absolute atomic E-state index is 12.1. The topological polar surface area (TPSA) is 40.6 Å². The SMILES string of the molecule is CCCCN(C)C(=O)CN(C(C)=O)C1CCCCC1. The molecular weight excluding hydrogens is 240 g/mol. The third-order valence-electron chi connectivity index (χ3n) is 4.00. The lowest BCUT2D eigenvalue weighted by atomic mass is 9.94. The minimum atomic E-state index is 0.0316. The van der Waals surface area contributed by atoms with Crippen LogP contribution in [-0.4, -0.2) is 47.8 Å². The van der Waals surface area contributed by atoms with Gasteiger partial charge in [0.2, 0.25) is 11.8 Å².